The van der Waals surface area contributed by atoms with Gasteiger partial charge < -0.3 is 19.5 Å². The second-order valence-corrected chi connectivity index (χ2v) is 4.93. The number of benzene rings is 1. The zero-order chi connectivity index (χ0) is 15.2. The van der Waals surface area contributed by atoms with Gasteiger partial charge in [0.1, 0.15) is 0 Å². The lowest BCUT2D eigenvalue weighted by Gasteiger charge is -2.19. The summed E-state index contributed by atoms with van der Waals surface area (Å²) in [5, 5.41) is 3.43. The molecule has 0 bridgehead atoms. The molecule has 21 heavy (non-hydrogen) atoms. The van der Waals surface area contributed by atoms with Crippen molar-refractivity contribution in [1.29, 1.82) is 0 Å². The molecule has 0 aliphatic rings. The summed E-state index contributed by atoms with van der Waals surface area (Å²) in [6, 6.07) is 10.4. The van der Waals surface area contributed by atoms with Gasteiger partial charge in [0, 0.05) is 26.9 Å². The highest BCUT2D eigenvalue weighted by atomic mass is 16.5. The van der Waals surface area contributed by atoms with Crippen LogP contribution in [0.1, 0.15) is 31.4 Å². The summed E-state index contributed by atoms with van der Waals surface area (Å²) in [6.07, 6.45) is 2.15. The minimum atomic E-state index is 0.108. The van der Waals surface area contributed by atoms with Gasteiger partial charge in [-0.05, 0) is 24.9 Å². The molecular formula is C17H29NO3. The van der Waals surface area contributed by atoms with Crippen LogP contribution in [0.5, 0.6) is 0 Å². The fourth-order valence-electron chi connectivity index (χ4n) is 1.98. The molecular weight excluding hydrogens is 266 g/mol. The third-order valence-corrected chi connectivity index (χ3v) is 3.11. The van der Waals surface area contributed by atoms with Crippen molar-refractivity contribution in [2.24, 2.45) is 0 Å². The van der Waals surface area contributed by atoms with Crippen LogP contribution in [0, 0.1) is 0 Å². The Morgan fingerprint density at radius 2 is 1.86 bits per heavy atom. The summed E-state index contributed by atoms with van der Waals surface area (Å²) in [4.78, 5) is 0. The molecule has 1 atom stereocenters. The molecule has 1 unspecified atom stereocenters. The second-order valence-electron chi connectivity index (χ2n) is 4.93. The van der Waals surface area contributed by atoms with E-state index < -0.39 is 0 Å². The van der Waals surface area contributed by atoms with Gasteiger partial charge in [0.05, 0.1) is 19.3 Å². The van der Waals surface area contributed by atoms with Crippen molar-refractivity contribution in [3.8, 4) is 0 Å². The van der Waals surface area contributed by atoms with E-state index in [2.05, 4.69) is 36.5 Å². The summed E-state index contributed by atoms with van der Waals surface area (Å²) < 4.78 is 16.4. The lowest BCUT2D eigenvalue weighted by atomic mass is 10.1. The first-order valence-corrected chi connectivity index (χ1v) is 7.82. The highest BCUT2D eigenvalue weighted by molar-refractivity contribution is 5.17. The quantitative estimate of drug-likeness (QED) is 0.568. The van der Waals surface area contributed by atoms with Gasteiger partial charge in [-0.15, -0.1) is 0 Å². The number of hydrogen-bond acceptors (Lipinski definition) is 4. The van der Waals surface area contributed by atoms with Gasteiger partial charge in [-0.25, -0.2) is 0 Å². The average molecular weight is 295 g/mol. The van der Waals surface area contributed by atoms with Crippen LogP contribution in [0.4, 0.5) is 0 Å². The molecule has 1 rings (SSSR count). The fraction of sp³-hybridized carbons (Fsp3) is 0.647. The Morgan fingerprint density at radius 3 is 2.57 bits per heavy atom. The van der Waals surface area contributed by atoms with E-state index in [1.165, 1.54) is 5.56 Å². The molecule has 0 saturated carbocycles. The molecule has 0 aromatic heterocycles. The second kappa shape index (κ2) is 12.8. The first-order valence-electron chi connectivity index (χ1n) is 7.82. The van der Waals surface area contributed by atoms with Crippen molar-refractivity contribution in [2.45, 2.75) is 25.9 Å². The number of nitrogens with one attached hydrogen (secondary N) is 1. The van der Waals surface area contributed by atoms with Crippen LogP contribution in [-0.2, 0) is 14.2 Å². The zero-order valence-corrected chi connectivity index (χ0v) is 13.3. The standard InChI is InChI=1S/C17H29NO3/c1-3-10-18-15-17(16-8-5-4-6-9-16)21-12-7-11-20-14-13-19-2/h4-6,8-9,17-18H,3,7,10-15H2,1-2H3. The molecule has 4 nitrogen and oxygen atoms in total. The van der Waals surface area contributed by atoms with Gasteiger partial charge in [-0.3, -0.25) is 0 Å². The van der Waals surface area contributed by atoms with Crippen LogP contribution in [-0.4, -0.2) is 46.6 Å². The molecule has 1 aromatic rings. The van der Waals surface area contributed by atoms with E-state index >= 15 is 0 Å². The SMILES string of the molecule is CCCNCC(OCCCOCCOC)c1ccccc1. The molecule has 0 aliphatic heterocycles. The van der Waals surface area contributed by atoms with Gasteiger partial charge in [-0.2, -0.15) is 0 Å². The lowest BCUT2D eigenvalue weighted by Crippen LogP contribution is -2.24. The average Bonchev–Trinajstić information content (AvgIpc) is 2.53. The van der Waals surface area contributed by atoms with Crippen LogP contribution in [0.2, 0.25) is 0 Å². The summed E-state index contributed by atoms with van der Waals surface area (Å²) in [7, 11) is 1.68. The molecule has 0 fully saturated rings. The molecule has 1 N–H and O–H groups in total. The van der Waals surface area contributed by atoms with Crippen LogP contribution in [0.3, 0.4) is 0 Å². The summed E-state index contributed by atoms with van der Waals surface area (Å²) >= 11 is 0. The molecule has 0 saturated heterocycles. The van der Waals surface area contributed by atoms with Crippen molar-refractivity contribution in [3.05, 3.63) is 35.9 Å². The van der Waals surface area contributed by atoms with Crippen LogP contribution in [0.25, 0.3) is 0 Å². The highest BCUT2D eigenvalue weighted by Crippen LogP contribution is 2.16. The predicted molar refractivity (Wildman–Crippen MR) is 85.6 cm³/mol. The van der Waals surface area contributed by atoms with Gasteiger partial charge >= 0.3 is 0 Å². The molecule has 4 heteroatoms. The normalized spacial score (nSPS) is 12.5. The van der Waals surface area contributed by atoms with E-state index in [0.29, 0.717) is 26.4 Å². The molecule has 1 aromatic carbocycles. The van der Waals surface area contributed by atoms with Gasteiger partial charge in [0.15, 0.2) is 0 Å². The highest BCUT2D eigenvalue weighted by Gasteiger charge is 2.10. The Hall–Kier alpha value is -0.940. The van der Waals surface area contributed by atoms with Crippen LogP contribution < -0.4 is 5.32 Å². The molecule has 0 heterocycles. The first-order chi connectivity index (χ1) is 10.4. The van der Waals surface area contributed by atoms with Crippen molar-refractivity contribution in [2.75, 3.05) is 46.6 Å². The third kappa shape index (κ3) is 8.83. The predicted octanol–water partition coefficient (Wildman–Crippen LogP) is 2.80. The van der Waals surface area contributed by atoms with Gasteiger partial charge in [0.25, 0.3) is 0 Å². The van der Waals surface area contributed by atoms with Gasteiger partial charge in [0.2, 0.25) is 0 Å². The topological polar surface area (TPSA) is 39.7 Å². The van der Waals surface area contributed by atoms with E-state index in [0.717, 1.165) is 25.9 Å². The monoisotopic (exact) mass is 295 g/mol. The Labute approximate surface area is 128 Å². The van der Waals surface area contributed by atoms with E-state index in [1.807, 2.05) is 6.07 Å². The summed E-state index contributed by atoms with van der Waals surface area (Å²) in [6.45, 7) is 6.76. The maximum absolute atomic E-state index is 6.01. The molecule has 0 radical (unpaired) electrons. The van der Waals surface area contributed by atoms with Crippen molar-refractivity contribution < 1.29 is 14.2 Å². The Bertz CT molecular complexity index is 332. The number of rotatable bonds is 13. The molecule has 120 valence electrons. The maximum atomic E-state index is 6.01. The number of methoxy groups -OCH3 is 1. The first kappa shape index (κ1) is 18.1. The van der Waals surface area contributed by atoms with E-state index in [4.69, 9.17) is 14.2 Å². The minimum Gasteiger partial charge on any atom is -0.382 e. The third-order valence-electron chi connectivity index (χ3n) is 3.11. The van der Waals surface area contributed by atoms with E-state index in [9.17, 15) is 0 Å². The molecule has 0 aliphatic carbocycles. The largest absolute Gasteiger partial charge is 0.382 e. The Morgan fingerprint density at radius 1 is 1.05 bits per heavy atom. The smallest absolute Gasteiger partial charge is 0.0949 e. The van der Waals surface area contributed by atoms with E-state index in [-0.39, 0.29) is 6.10 Å². The number of hydrogen-bond donors (Lipinski definition) is 1. The minimum absolute atomic E-state index is 0.108. The van der Waals surface area contributed by atoms with Crippen molar-refractivity contribution >= 4 is 0 Å². The maximum Gasteiger partial charge on any atom is 0.0949 e. The van der Waals surface area contributed by atoms with Crippen molar-refractivity contribution in [3.63, 3.8) is 0 Å². The summed E-state index contributed by atoms with van der Waals surface area (Å²) in [5.74, 6) is 0. The zero-order valence-electron chi connectivity index (χ0n) is 13.3. The number of ether oxygens (including phenoxy) is 3. The Kier molecular flexibility index (Phi) is 11.0. The Balaban J connectivity index is 2.26. The van der Waals surface area contributed by atoms with Gasteiger partial charge in [-0.1, -0.05) is 37.3 Å². The molecule has 0 amide bonds. The van der Waals surface area contributed by atoms with E-state index in [1.54, 1.807) is 7.11 Å². The van der Waals surface area contributed by atoms with Crippen LogP contribution in [0.15, 0.2) is 30.3 Å². The van der Waals surface area contributed by atoms with Crippen LogP contribution >= 0.6 is 0 Å². The summed E-state index contributed by atoms with van der Waals surface area (Å²) in [5.41, 5.74) is 1.22. The molecule has 0 spiro atoms. The lowest BCUT2D eigenvalue weighted by molar-refractivity contribution is 0.0230. The fourth-order valence-corrected chi connectivity index (χ4v) is 1.98. The van der Waals surface area contributed by atoms with Crippen molar-refractivity contribution in [1.82, 2.24) is 5.32 Å².